The standard InChI is InChI=1S/C19H21N5O/c1-12-8-13(2)10-15(9-12)24-19-17(20)18(21-11-22-19)23-14-4-6-16(25-3)7-5-14/h4-11H,20H2,1-3H3,(H2,21,22,23,24). The molecule has 6 heteroatoms. The number of aromatic nitrogens is 2. The molecule has 2 aromatic carbocycles. The topological polar surface area (TPSA) is 85.1 Å². The molecule has 0 saturated carbocycles. The number of nitrogens with two attached hydrogens (primary N) is 1. The highest BCUT2D eigenvalue weighted by atomic mass is 16.5. The molecule has 0 atom stereocenters. The summed E-state index contributed by atoms with van der Waals surface area (Å²) in [6, 6.07) is 13.7. The second kappa shape index (κ2) is 7.09. The zero-order valence-electron chi connectivity index (χ0n) is 14.5. The van der Waals surface area contributed by atoms with E-state index in [1.165, 1.54) is 17.5 Å². The van der Waals surface area contributed by atoms with Crippen LogP contribution < -0.4 is 21.1 Å². The minimum Gasteiger partial charge on any atom is -0.497 e. The zero-order chi connectivity index (χ0) is 17.8. The molecule has 25 heavy (non-hydrogen) atoms. The van der Waals surface area contributed by atoms with E-state index in [-0.39, 0.29) is 0 Å². The first kappa shape index (κ1) is 16.6. The SMILES string of the molecule is COc1ccc(Nc2ncnc(Nc3cc(C)cc(C)c3)c2N)cc1. The Kier molecular flexibility index (Phi) is 4.70. The monoisotopic (exact) mass is 335 g/mol. The van der Waals surface area contributed by atoms with Crippen LogP contribution in [0.1, 0.15) is 11.1 Å². The molecule has 1 aromatic heterocycles. The normalized spacial score (nSPS) is 10.4. The molecule has 0 fully saturated rings. The van der Waals surface area contributed by atoms with Crippen molar-refractivity contribution in [2.45, 2.75) is 13.8 Å². The quantitative estimate of drug-likeness (QED) is 0.649. The van der Waals surface area contributed by atoms with Crippen LogP contribution in [0.15, 0.2) is 48.8 Å². The van der Waals surface area contributed by atoms with Crippen molar-refractivity contribution in [2.24, 2.45) is 0 Å². The predicted molar refractivity (Wildman–Crippen MR) is 102 cm³/mol. The molecule has 4 N–H and O–H groups in total. The summed E-state index contributed by atoms with van der Waals surface area (Å²) in [5, 5.41) is 6.46. The number of anilines is 5. The number of methoxy groups -OCH3 is 1. The van der Waals surface area contributed by atoms with E-state index in [9.17, 15) is 0 Å². The fraction of sp³-hybridized carbons (Fsp3) is 0.158. The molecule has 0 spiro atoms. The van der Waals surface area contributed by atoms with Crippen molar-refractivity contribution in [2.75, 3.05) is 23.5 Å². The Labute approximate surface area is 147 Å². The van der Waals surface area contributed by atoms with Gasteiger partial charge in [-0.15, -0.1) is 0 Å². The van der Waals surface area contributed by atoms with Gasteiger partial charge in [0.2, 0.25) is 0 Å². The van der Waals surface area contributed by atoms with E-state index in [1.54, 1.807) is 7.11 Å². The van der Waals surface area contributed by atoms with Gasteiger partial charge in [0.1, 0.15) is 17.8 Å². The molecule has 128 valence electrons. The van der Waals surface area contributed by atoms with E-state index >= 15 is 0 Å². The molecule has 3 rings (SSSR count). The van der Waals surface area contributed by atoms with Gasteiger partial charge in [-0.3, -0.25) is 0 Å². The summed E-state index contributed by atoms with van der Waals surface area (Å²) in [7, 11) is 1.63. The summed E-state index contributed by atoms with van der Waals surface area (Å²) in [5.41, 5.74) is 10.8. The molecule has 0 bridgehead atoms. The van der Waals surface area contributed by atoms with Gasteiger partial charge in [0.25, 0.3) is 0 Å². The Morgan fingerprint density at radius 2 is 1.40 bits per heavy atom. The smallest absolute Gasteiger partial charge is 0.159 e. The molecule has 0 aliphatic heterocycles. The lowest BCUT2D eigenvalue weighted by molar-refractivity contribution is 0.415. The molecular weight excluding hydrogens is 314 g/mol. The number of hydrogen-bond acceptors (Lipinski definition) is 6. The van der Waals surface area contributed by atoms with Crippen LogP contribution in [0.5, 0.6) is 5.75 Å². The molecule has 3 aromatic rings. The molecule has 0 amide bonds. The first-order chi connectivity index (χ1) is 12.0. The highest BCUT2D eigenvalue weighted by Crippen LogP contribution is 2.29. The van der Waals surface area contributed by atoms with Crippen molar-refractivity contribution in [3.63, 3.8) is 0 Å². The third-order valence-corrected chi connectivity index (χ3v) is 3.72. The van der Waals surface area contributed by atoms with E-state index in [4.69, 9.17) is 10.5 Å². The first-order valence-corrected chi connectivity index (χ1v) is 7.92. The van der Waals surface area contributed by atoms with E-state index < -0.39 is 0 Å². The van der Waals surface area contributed by atoms with Crippen LogP contribution in [-0.4, -0.2) is 17.1 Å². The third kappa shape index (κ3) is 3.98. The number of aryl methyl sites for hydroxylation is 2. The highest BCUT2D eigenvalue weighted by Gasteiger charge is 2.09. The van der Waals surface area contributed by atoms with Gasteiger partial charge < -0.3 is 21.1 Å². The lowest BCUT2D eigenvalue weighted by atomic mass is 10.1. The largest absolute Gasteiger partial charge is 0.497 e. The van der Waals surface area contributed by atoms with Crippen LogP contribution in [0.2, 0.25) is 0 Å². The highest BCUT2D eigenvalue weighted by molar-refractivity contribution is 5.80. The number of ether oxygens (including phenoxy) is 1. The molecule has 0 aliphatic carbocycles. The number of benzene rings is 2. The summed E-state index contributed by atoms with van der Waals surface area (Å²) >= 11 is 0. The molecule has 0 aliphatic rings. The van der Waals surface area contributed by atoms with Crippen molar-refractivity contribution in [3.8, 4) is 5.75 Å². The minimum absolute atomic E-state index is 0.456. The average Bonchev–Trinajstić information content (AvgIpc) is 2.58. The van der Waals surface area contributed by atoms with Crippen LogP contribution in [0.25, 0.3) is 0 Å². The maximum Gasteiger partial charge on any atom is 0.159 e. The Bertz CT molecular complexity index is 857. The van der Waals surface area contributed by atoms with Gasteiger partial charge in [-0.2, -0.15) is 0 Å². The summed E-state index contributed by atoms with van der Waals surface area (Å²) < 4.78 is 5.16. The number of nitrogens with zero attached hydrogens (tertiary/aromatic N) is 2. The van der Waals surface area contributed by atoms with Crippen molar-refractivity contribution >= 4 is 28.7 Å². The Hall–Kier alpha value is -3.28. The molecular formula is C19H21N5O. The molecule has 0 saturated heterocycles. The summed E-state index contributed by atoms with van der Waals surface area (Å²) in [6.45, 7) is 4.11. The van der Waals surface area contributed by atoms with E-state index in [2.05, 4.69) is 40.5 Å². The second-order valence-electron chi connectivity index (χ2n) is 5.84. The minimum atomic E-state index is 0.456. The Morgan fingerprint density at radius 3 is 1.96 bits per heavy atom. The fourth-order valence-corrected chi connectivity index (χ4v) is 2.59. The van der Waals surface area contributed by atoms with E-state index in [1.807, 2.05) is 36.4 Å². The maximum atomic E-state index is 6.24. The lowest BCUT2D eigenvalue weighted by Crippen LogP contribution is -2.05. The van der Waals surface area contributed by atoms with Crippen molar-refractivity contribution in [3.05, 3.63) is 59.9 Å². The second-order valence-corrected chi connectivity index (χ2v) is 5.84. The van der Waals surface area contributed by atoms with Gasteiger partial charge in [-0.05, 0) is 61.4 Å². The van der Waals surface area contributed by atoms with Crippen LogP contribution in [-0.2, 0) is 0 Å². The average molecular weight is 335 g/mol. The van der Waals surface area contributed by atoms with Gasteiger partial charge in [0.15, 0.2) is 11.6 Å². The summed E-state index contributed by atoms with van der Waals surface area (Å²) in [6.07, 6.45) is 1.48. The van der Waals surface area contributed by atoms with Crippen LogP contribution >= 0.6 is 0 Å². The van der Waals surface area contributed by atoms with Gasteiger partial charge in [-0.25, -0.2) is 9.97 Å². The van der Waals surface area contributed by atoms with Crippen molar-refractivity contribution in [1.29, 1.82) is 0 Å². The number of nitrogen functional groups attached to an aromatic ring is 1. The molecule has 6 nitrogen and oxygen atoms in total. The molecule has 1 heterocycles. The van der Waals surface area contributed by atoms with Gasteiger partial charge in [0, 0.05) is 11.4 Å². The summed E-state index contributed by atoms with van der Waals surface area (Å²) in [5.74, 6) is 1.90. The van der Waals surface area contributed by atoms with Crippen LogP contribution in [0, 0.1) is 13.8 Å². The fourth-order valence-electron chi connectivity index (χ4n) is 2.59. The Balaban J connectivity index is 1.83. The number of nitrogens with one attached hydrogen (secondary N) is 2. The van der Waals surface area contributed by atoms with Crippen molar-refractivity contribution < 1.29 is 4.74 Å². The predicted octanol–water partition coefficient (Wildman–Crippen LogP) is 4.17. The summed E-state index contributed by atoms with van der Waals surface area (Å²) in [4.78, 5) is 8.49. The Morgan fingerprint density at radius 1 is 0.840 bits per heavy atom. The van der Waals surface area contributed by atoms with Crippen LogP contribution in [0.3, 0.4) is 0 Å². The molecule has 0 radical (unpaired) electrons. The van der Waals surface area contributed by atoms with Gasteiger partial charge >= 0.3 is 0 Å². The maximum absolute atomic E-state index is 6.24. The lowest BCUT2D eigenvalue weighted by Gasteiger charge is -2.13. The van der Waals surface area contributed by atoms with E-state index in [0.717, 1.165) is 17.1 Å². The zero-order valence-corrected chi connectivity index (χ0v) is 14.5. The van der Waals surface area contributed by atoms with Gasteiger partial charge in [-0.1, -0.05) is 6.07 Å². The first-order valence-electron chi connectivity index (χ1n) is 7.92. The van der Waals surface area contributed by atoms with E-state index in [0.29, 0.717) is 17.3 Å². The van der Waals surface area contributed by atoms with Gasteiger partial charge in [0.05, 0.1) is 7.11 Å². The number of hydrogen-bond donors (Lipinski definition) is 3. The van der Waals surface area contributed by atoms with Crippen LogP contribution in [0.4, 0.5) is 28.7 Å². The third-order valence-electron chi connectivity index (χ3n) is 3.72. The van der Waals surface area contributed by atoms with Crippen molar-refractivity contribution in [1.82, 2.24) is 9.97 Å². The molecule has 0 unspecified atom stereocenters. The number of rotatable bonds is 5.